The maximum atomic E-state index is 13.3. The van der Waals surface area contributed by atoms with Crippen LogP contribution >= 0.6 is 0 Å². The van der Waals surface area contributed by atoms with E-state index in [0.29, 0.717) is 49.2 Å². The number of nitrogens with zero attached hydrogens (tertiary/aromatic N) is 1. The van der Waals surface area contributed by atoms with Crippen LogP contribution < -0.4 is 10.1 Å². The molecule has 162 valence electrons. The number of amides is 1. The van der Waals surface area contributed by atoms with Gasteiger partial charge < -0.3 is 15.0 Å². The molecule has 0 bridgehead atoms. The topological polar surface area (TPSA) is 41.6 Å². The minimum absolute atomic E-state index is 0.00565. The fourth-order valence-corrected chi connectivity index (χ4v) is 4.00. The molecule has 4 nitrogen and oxygen atoms in total. The first-order valence-electron chi connectivity index (χ1n) is 9.54. The molecular formula is C19H22F6N2O2. The van der Waals surface area contributed by atoms with Gasteiger partial charge in [0, 0.05) is 6.54 Å². The molecule has 2 heterocycles. The van der Waals surface area contributed by atoms with Crippen molar-refractivity contribution in [1.29, 1.82) is 0 Å². The summed E-state index contributed by atoms with van der Waals surface area (Å²) in [4.78, 5) is 13.4. The minimum atomic E-state index is -5.06. The number of halogens is 6. The molecule has 0 saturated carbocycles. The Bertz CT molecular complexity index is 728. The zero-order valence-corrected chi connectivity index (χ0v) is 15.6. The van der Waals surface area contributed by atoms with Crippen molar-refractivity contribution in [3.8, 4) is 5.75 Å². The number of carbonyl (C=O) groups excluding carboxylic acids is 1. The van der Waals surface area contributed by atoms with Gasteiger partial charge in [-0.2, -0.15) is 13.2 Å². The highest BCUT2D eigenvalue weighted by molar-refractivity contribution is 5.97. The zero-order valence-electron chi connectivity index (χ0n) is 15.6. The predicted molar refractivity (Wildman–Crippen MR) is 92.7 cm³/mol. The van der Waals surface area contributed by atoms with E-state index in [1.165, 1.54) is 6.07 Å². The van der Waals surface area contributed by atoms with Crippen LogP contribution in [0.2, 0.25) is 0 Å². The second kappa shape index (κ2) is 8.41. The molecule has 2 saturated heterocycles. The number of alkyl halides is 6. The quantitative estimate of drug-likeness (QED) is 0.721. The number of carbonyl (C=O) groups is 1. The maximum absolute atomic E-state index is 13.3. The van der Waals surface area contributed by atoms with Gasteiger partial charge in [0.2, 0.25) is 0 Å². The fraction of sp³-hybridized carbons (Fsp3) is 0.632. The summed E-state index contributed by atoms with van der Waals surface area (Å²) in [5.41, 5.74) is 0.0736. The second-order valence-electron chi connectivity index (χ2n) is 7.38. The van der Waals surface area contributed by atoms with Crippen molar-refractivity contribution < 1.29 is 35.9 Å². The summed E-state index contributed by atoms with van der Waals surface area (Å²) < 4.78 is 82.8. The van der Waals surface area contributed by atoms with Crippen molar-refractivity contribution in [3.63, 3.8) is 0 Å². The molecule has 1 amide bonds. The largest absolute Gasteiger partial charge is 0.573 e. The third-order valence-electron chi connectivity index (χ3n) is 5.41. The summed E-state index contributed by atoms with van der Waals surface area (Å²) in [7, 11) is 0. The monoisotopic (exact) mass is 424 g/mol. The number of ether oxygens (including phenoxy) is 1. The summed E-state index contributed by atoms with van der Waals surface area (Å²) in [6, 6.07) is 1.80. The number of benzene rings is 1. The van der Waals surface area contributed by atoms with Crippen LogP contribution in [0.15, 0.2) is 18.2 Å². The zero-order chi connectivity index (χ0) is 21.2. The van der Waals surface area contributed by atoms with Crippen molar-refractivity contribution in [2.24, 2.45) is 0 Å². The number of hydrogen-bond acceptors (Lipinski definition) is 3. The average molecular weight is 424 g/mol. The van der Waals surface area contributed by atoms with Crippen LogP contribution in [-0.4, -0.2) is 49.0 Å². The molecule has 1 unspecified atom stereocenters. The van der Waals surface area contributed by atoms with Crippen LogP contribution in [0, 0.1) is 0 Å². The molecule has 1 N–H and O–H groups in total. The van der Waals surface area contributed by atoms with Gasteiger partial charge in [-0.15, -0.1) is 13.2 Å². The van der Waals surface area contributed by atoms with Crippen LogP contribution in [0.3, 0.4) is 0 Å². The average Bonchev–Trinajstić information content (AvgIpc) is 2.66. The summed E-state index contributed by atoms with van der Waals surface area (Å²) >= 11 is 0. The van der Waals surface area contributed by atoms with Crippen molar-refractivity contribution in [3.05, 3.63) is 29.3 Å². The minimum Gasteiger partial charge on any atom is -0.405 e. The maximum Gasteiger partial charge on any atom is 0.573 e. The third-order valence-corrected chi connectivity index (χ3v) is 5.41. The van der Waals surface area contributed by atoms with Gasteiger partial charge in [-0.05, 0) is 68.8 Å². The van der Waals surface area contributed by atoms with Crippen molar-refractivity contribution in [2.75, 3.05) is 19.6 Å². The highest BCUT2D eigenvalue weighted by Gasteiger charge is 2.47. The molecule has 3 rings (SSSR count). The van der Waals surface area contributed by atoms with E-state index < -0.39 is 35.8 Å². The van der Waals surface area contributed by atoms with Crippen LogP contribution in [0.25, 0.3) is 0 Å². The Morgan fingerprint density at radius 3 is 2.34 bits per heavy atom. The smallest absolute Gasteiger partial charge is 0.405 e. The number of likely N-dealkylation sites (tertiary alicyclic amines) is 1. The van der Waals surface area contributed by atoms with Crippen LogP contribution in [0.1, 0.15) is 53.9 Å². The van der Waals surface area contributed by atoms with Gasteiger partial charge >= 0.3 is 12.5 Å². The fourth-order valence-electron chi connectivity index (χ4n) is 4.00. The molecule has 0 radical (unpaired) electrons. The van der Waals surface area contributed by atoms with E-state index in [1.54, 1.807) is 0 Å². The molecule has 2 aliphatic rings. The van der Waals surface area contributed by atoms with Crippen LogP contribution in [-0.2, 0) is 0 Å². The van der Waals surface area contributed by atoms with Gasteiger partial charge in [-0.25, -0.2) is 0 Å². The molecule has 2 aliphatic heterocycles. The van der Waals surface area contributed by atoms with Crippen molar-refractivity contribution in [2.45, 2.75) is 56.6 Å². The number of rotatable bonds is 3. The molecule has 1 atom stereocenters. The normalized spacial score (nSPS) is 21.9. The predicted octanol–water partition coefficient (Wildman–Crippen LogP) is 4.61. The first kappa shape index (κ1) is 21.7. The molecular weight excluding hydrogens is 402 g/mol. The SMILES string of the molecule is O=C(c1ccc(C2CCNCC2)cc1OC(F)(F)F)N1CCCCC1C(F)(F)F. The Morgan fingerprint density at radius 1 is 1.03 bits per heavy atom. The highest BCUT2D eigenvalue weighted by atomic mass is 19.4. The molecule has 0 aliphatic carbocycles. The van der Waals surface area contributed by atoms with E-state index in [9.17, 15) is 31.1 Å². The molecule has 10 heteroatoms. The lowest BCUT2D eigenvalue weighted by Crippen LogP contribution is -2.51. The Morgan fingerprint density at radius 2 is 1.72 bits per heavy atom. The number of nitrogens with one attached hydrogen (secondary N) is 1. The second-order valence-corrected chi connectivity index (χ2v) is 7.38. The standard InChI is InChI=1S/C19H22F6N2O2/c20-18(21,22)16-3-1-2-10-27(16)17(28)14-5-4-13(12-6-8-26-9-7-12)11-15(14)29-19(23,24)25/h4-5,11-12,16,26H,1-3,6-10H2. The summed E-state index contributed by atoms with van der Waals surface area (Å²) in [6.07, 6.45) is -7.89. The molecule has 1 aromatic carbocycles. The third kappa shape index (κ3) is 5.34. The Hall–Kier alpha value is -1.97. The van der Waals surface area contributed by atoms with Gasteiger partial charge in [0.15, 0.2) is 0 Å². The van der Waals surface area contributed by atoms with Crippen molar-refractivity contribution >= 4 is 5.91 Å². The molecule has 0 spiro atoms. The van der Waals surface area contributed by atoms with Gasteiger partial charge in [-0.3, -0.25) is 4.79 Å². The molecule has 0 aromatic heterocycles. The Kier molecular flexibility index (Phi) is 6.30. The lowest BCUT2D eigenvalue weighted by atomic mass is 9.89. The summed E-state index contributed by atoms with van der Waals surface area (Å²) in [5.74, 6) is -1.85. The van der Waals surface area contributed by atoms with E-state index in [2.05, 4.69) is 10.1 Å². The first-order chi connectivity index (χ1) is 13.6. The Labute approximate surface area is 164 Å². The van der Waals surface area contributed by atoms with Gasteiger partial charge in [-0.1, -0.05) is 6.07 Å². The highest BCUT2D eigenvalue weighted by Crippen LogP contribution is 2.37. The first-order valence-corrected chi connectivity index (χ1v) is 9.54. The van der Waals surface area contributed by atoms with E-state index in [4.69, 9.17) is 0 Å². The number of piperidine rings is 2. The van der Waals surface area contributed by atoms with E-state index in [1.807, 2.05) is 0 Å². The molecule has 29 heavy (non-hydrogen) atoms. The van der Waals surface area contributed by atoms with Gasteiger partial charge in [0.05, 0.1) is 5.56 Å². The van der Waals surface area contributed by atoms with Gasteiger partial charge in [0.1, 0.15) is 11.8 Å². The summed E-state index contributed by atoms with van der Waals surface area (Å²) in [5, 5.41) is 3.15. The van der Waals surface area contributed by atoms with Crippen LogP contribution in [0.4, 0.5) is 26.3 Å². The van der Waals surface area contributed by atoms with E-state index in [0.717, 1.165) is 12.1 Å². The number of hydrogen-bond donors (Lipinski definition) is 1. The van der Waals surface area contributed by atoms with Gasteiger partial charge in [0.25, 0.3) is 5.91 Å². The lowest BCUT2D eigenvalue weighted by Gasteiger charge is -2.37. The summed E-state index contributed by atoms with van der Waals surface area (Å²) in [6.45, 7) is 1.26. The molecule has 2 fully saturated rings. The Balaban J connectivity index is 1.94. The molecule has 1 aromatic rings. The van der Waals surface area contributed by atoms with E-state index in [-0.39, 0.29) is 18.9 Å². The van der Waals surface area contributed by atoms with Crippen molar-refractivity contribution in [1.82, 2.24) is 10.2 Å². The lowest BCUT2D eigenvalue weighted by molar-refractivity contribution is -0.274. The van der Waals surface area contributed by atoms with Crippen LogP contribution in [0.5, 0.6) is 5.75 Å². The van der Waals surface area contributed by atoms with E-state index >= 15 is 0 Å².